The first kappa shape index (κ1) is 63.0. The first-order chi connectivity index (χ1) is 27.0. The molecule has 0 saturated heterocycles. The van der Waals surface area contributed by atoms with Crippen LogP contribution in [0.3, 0.4) is 0 Å². The Balaban J connectivity index is -0.000000955. The minimum absolute atomic E-state index is 0. The minimum atomic E-state index is -0.933. The van der Waals surface area contributed by atoms with Crippen LogP contribution >= 0.6 is 85.0 Å². The molecule has 0 unspecified atom stereocenters. The molecule has 61 heavy (non-hydrogen) atoms. The van der Waals surface area contributed by atoms with Gasteiger partial charge in [-0.2, -0.15) is 27.0 Å². The van der Waals surface area contributed by atoms with Gasteiger partial charge >= 0.3 is 12.2 Å². The summed E-state index contributed by atoms with van der Waals surface area (Å²) in [6.07, 6.45) is 3.50. The summed E-state index contributed by atoms with van der Waals surface area (Å²) in [5, 5.41) is 4.57. The summed E-state index contributed by atoms with van der Waals surface area (Å²) < 4.78 is 11.1. The van der Waals surface area contributed by atoms with Gasteiger partial charge in [-0.3, -0.25) is 19.4 Å². The Morgan fingerprint density at radius 3 is 1.31 bits per heavy atom. The normalized spacial score (nSPS) is 12.9. The second-order valence-electron chi connectivity index (χ2n) is 16.7. The molecule has 2 rings (SSSR count). The van der Waals surface area contributed by atoms with E-state index in [-0.39, 0.29) is 56.5 Å². The van der Waals surface area contributed by atoms with Crippen LogP contribution in [0.4, 0.5) is 9.59 Å². The van der Waals surface area contributed by atoms with Crippen LogP contribution in [0, 0.1) is 11.8 Å². The molecule has 0 aromatic heterocycles. The van der Waals surface area contributed by atoms with Crippen LogP contribution in [0.1, 0.15) is 93.2 Å². The van der Waals surface area contributed by atoms with Gasteiger partial charge in [-0.1, -0.05) is 98.4 Å². The van der Waals surface area contributed by atoms with Gasteiger partial charge in [-0.15, -0.1) is 13.2 Å². The third-order valence-corrected chi connectivity index (χ3v) is 10.7. The summed E-state index contributed by atoms with van der Waals surface area (Å²) >= 11 is 29.6. The quantitative estimate of drug-likeness (QED) is 0.148. The van der Waals surface area contributed by atoms with E-state index in [9.17, 15) is 19.2 Å². The van der Waals surface area contributed by atoms with Crippen molar-refractivity contribution in [3.63, 3.8) is 0 Å². The summed E-state index contributed by atoms with van der Waals surface area (Å²) in [7, 11) is 6.93. The summed E-state index contributed by atoms with van der Waals surface area (Å²) in [6.45, 7) is 26.6. The van der Waals surface area contributed by atoms with Crippen molar-refractivity contribution >= 4 is 108 Å². The number of hydrogen-bond acceptors (Lipinski definition) is 7. The number of nitrogens with one attached hydrogen (secondary N) is 1. The monoisotopic (exact) mass is 988 g/mol. The van der Waals surface area contributed by atoms with E-state index in [0.717, 1.165) is 11.1 Å². The Morgan fingerprint density at radius 2 is 1.02 bits per heavy atom. The molecule has 0 aliphatic heterocycles. The minimum Gasteiger partial charge on any atom is -0.444 e. The number of hydrogen-bond donors (Lipinski definition) is 1. The first-order valence-electron chi connectivity index (χ1n) is 19.1. The molecule has 2 atom stereocenters. The van der Waals surface area contributed by atoms with Gasteiger partial charge in [-0.05, 0) is 108 Å². The zero-order valence-electron chi connectivity index (χ0n) is 38.2. The molecular formula is C44H69Cl5N4O6S2. The number of amides is 3. The molecule has 1 N–H and O–H groups in total. The van der Waals surface area contributed by atoms with Crippen molar-refractivity contribution in [3.05, 3.63) is 92.9 Å². The topological polar surface area (TPSA) is 108 Å². The van der Waals surface area contributed by atoms with E-state index in [1.807, 2.05) is 74.6 Å². The van der Waals surface area contributed by atoms with Crippen LogP contribution in [0.2, 0.25) is 20.1 Å². The van der Waals surface area contributed by atoms with Crippen molar-refractivity contribution in [1.82, 2.24) is 20.0 Å². The maximum atomic E-state index is 13.0. The number of carbonyl (C=O) groups excluding carboxylic acids is 4. The Morgan fingerprint density at radius 1 is 0.672 bits per heavy atom. The van der Waals surface area contributed by atoms with Gasteiger partial charge in [0.2, 0.25) is 11.1 Å². The van der Waals surface area contributed by atoms with Crippen molar-refractivity contribution in [2.45, 2.75) is 104 Å². The Kier molecular flexibility index (Phi) is 28.7. The standard InChI is InChI=1S/C22H32Cl2N2O3.C18H26Cl2N2O2.C4H7ClO.2H2S/c1-9-12-22(14-25(7)19(27)15(2)3,16-10-11-17(23)18(24)13-16)26(8)20(28)29-21(4,5)6;1-7-10-18(12-21-5,13-8-9-14(19)15(20)11-13)22(6)16(23)24-17(2,3)4;1-3(2)4(5)6;;/h9-11,13,15H,1,12,14H2,2-8H3;7-9,11,21H,1,10,12H2,2-6H3;3H,1-2H3;2*1H2/t22-;18-;;;/m11.../s1. The van der Waals surface area contributed by atoms with Crippen LogP contribution in [0.5, 0.6) is 0 Å². The van der Waals surface area contributed by atoms with Crippen molar-refractivity contribution in [2.75, 3.05) is 41.3 Å². The number of rotatable bonds is 14. The molecule has 0 fully saturated rings. The molecule has 0 aliphatic carbocycles. The van der Waals surface area contributed by atoms with Crippen molar-refractivity contribution in [3.8, 4) is 0 Å². The molecule has 0 aliphatic rings. The number of nitrogens with zero attached hydrogens (tertiary/aromatic N) is 3. The summed E-state index contributed by atoms with van der Waals surface area (Å²) in [4.78, 5) is 52.9. The van der Waals surface area contributed by atoms with Gasteiger partial charge in [0.25, 0.3) is 0 Å². The Hall–Kier alpha value is -2.29. The lowest BCUT2D eigenvalue weighted by molar-refractivity contribution is -0.135. The lowest BCUT2D eigenvalue weighted by atomic mass is 9.84. The fourth-order valence-electron chi connectivity index (χ4n) is 5.71. The van der Waals surface area contributed by atoms with Crippen molar-refractivity contribution < 1.29 is 28.7 Å². The second kappa shape index (κ2) is 27.8. The fraction of sp³-hybridized carbons (Fsp3) is 0.545. The number of benzene rings is 2. The van der Waals surface area contributed by atoms with Gasteiger partial charge < -0.3 is 19.7 Å². The average molecular weight is 991 g/mol. The molecule has 0 heterocycles. The predicted octanol–water partition coefficient (Wildman–Crippen LogP) is 12.2. The van der Waals surface area contributed by atoms with E-state index in [2.05, 4.69) is 18.5 Å². The van der Waals surface area contributed by atoms with Crippen LogP contribution < -0.4 is 5.32 Å². The highest BCUT2D eigenvalue weighted by atomic mass is 35.5. The van der Waals surface area contributed by atoms with Crippen LogP contribution in [-0.4, -0.2) is 90.5 Å². The van der Waals surface area contributed by atoms with Gasteiger partial charge in [0.15, 0.2) is 0 Å². The summed E-state index contributed by atoms with van der Waals surface area (Å²) in [5.74, 6) is -0.232. The van der Waals surface area contributed by atoms with Crippen molar-refractivity contribution in [1.29, 1.82) is 0 Å². The van der Waals surface area contributed by atoms with Gasteiger partial charge in [0.1, 0.15) is 11.2 Å². The smallest absolute Gasteiger partial charge is 0.410 e. The predicted molar refractivity (Wildman–Crippen MR) is 267 cm³/mol. The SMILES string of the molecule is C=CC[C@@](CN(C)C(=O)C(C)C)(c1ccc(Cl)c(Cl)c1)N(C)C(=O)OC(C)(C)C.C=CC[C@@](CNC)(c1ccc(Cl)c(Cl)c1)N(C)C(=O)OC(C)(C)C.CC(C)C(=O)Cl.S.S. The Bertz CT molecular complexity index is 1760. The molecule has 10 nitrogen and oxygen atoms in total. The van der Waals surface area contributed by atoms with Gasteiger partial charge in [0, 0.05) is 46.1 Å². The maximum absolute atomic E-state index is 13.0. The molecule has 2 aromatic rings. The maximum Gasteiger partial charge on any atom is 0.410 e. The molecule has 3 amide bonds. The fourth-order valence-corrected chi connectivity index (χ4v) is 6.31. The van der Waals surface area contributed by atoms with Crippen LogP contribution in [0.15, 0.2) is 61.7 Å². The highest BCUT2D eigenvalue weighted by Gasteiger charge is 2.43. The molecule has 348 valence electrons. The molecule has 0 spiro atoms. The largest absolute Gasteiger partial charge is 0.444 e. The number of halogens is 5. The van der Waals surface area contributed by atoms with E-state index >= 15 is 0 Å². The molecule has 2 aromatic carbocycles. The zero-order chi connectivity index (χ0) is 46.3. The van der Waals surface area contributed by atoms with E-state index in [1.165, 1.54) is 4.90 Å². The highest BCUT2D eigenvalue weighted by molar-refractivity contribution is 7.59. The summed E-state index contributed by atoms with van der Waals surface area (Å²) in [6, 6.07) is 10.6. The Labute approximate surface area is 404 Å². The average Bonchev–Trinajstić information content (AvgIpc) is 3.11. The molecule has 0 saturated carbocycles. The molecule has 17 heteroatoms. The second-order valence-corrected chi connectivity index (χ2v) is 18.7. The molecule has 0 radical (unpaired) electrons. The third kappa shape index (κ3) is 20.0. The van der Waals surface area contributed by atoms with E-state index in [4.69, 9.17) is 67.5 Å². The lowest BCUT2D eigenvalue weighted by Crippen LogP contribution is -2.55. The highest BCUT2D eigenvalue weighted by Crippen LogP contribution is 2.38. The van der Waals surface area contributed by atoms with Crippen LogP contribution in [-0.2, 0) is 30.1 Å². The third-order valence-electron chi connectivity index (χ3n) is 8.79. The number of likely N-dealkylation sites (N-methyl/N-ethyl adjacent to an activating group) is 4. The molecular weight excluding hydrogens is 922 g/mol. The lowest BCUT2D eigenvalue weighted by Gasteiger charge is -2.44. The van der Waals surface area contributed by atoms with Crippen molar-refractivity contribution in [2.24, 2.45) is 11.8 Å². The zero-order valence-corrected chi connectivity index (χ0v) is 44.0. The van der Waals surface area contributed by atoms with E-state index in [1.54, 1.807) is 81.2 Å². The summed E-state index contributed by atoms with van der Waals surface area (Å²) in [5.41, 5.74) is -1.27. The van der Waals surface area contributed by atoms with E-state index < -0.39 is 34.5 Å². The van der Waals surface area contributed by atoms with Gasteiger partial charge in [-0.25, -0.2) is 9.59 Å². The van der Waals surface area contributed by atoms with E-state index in [0.29, 0.717) is 39.5 Å². The van der Waals surface area contributed by atoms with Crippen LogP contribution in [0.25, 0.3) is 0 Å². The number of carbonyl (C=O) groups is 4. The number of ether oxygens (including phenoxy) is 2. The molecule has 0 bridgehead atoms. The first-order valence-corrected chi connectivity index (χ1v) is 21.0. The van der Waals surface area contributed by atoms with Gasteiger partial charge in [0.05, 0.1) is 31.2 Å².